The standard InChI is InChI=1S/C23H20BrNO3/c1-14-10-11-16(13-19(26)15-6-5-7-17(24)12-15)21-20(14)22(27)25(23(21)28)18-8-3-2-4-9-18/h2-12,14,16,20-21H,13H2,1H3/t14-,16-,20?,21?/m1/s1. The van der Waals surface area contributed by atoms with Gasteiger partial charge in [0.15, 0.2) is 5.78 Å². The highest BCUT2D eigenvalue weighted by Crippen LogP contribution is 2.44. The van der Waals surface area contributed by atoms with E-state index in [9.17, 15) is 14.4 Å². The molecule has 1 aliphatic carbocycles. The molecule has 28 heavy (non-hydrogen) atoms. The summed E-state index contributed by atoms with van der Waals surface area (Å²) in [6.07, 6.45) is 4.13. The monoisotopic (exact) mass is 437 g/mol. The van der Waals surface area contributed by atoms with E-state index < -0.39 is 11.8 Å². The molecule has 4 atom stereocenters. The quantitative estimate of drug-likeness (QED) is 0.397. The summed E-state index contributed by atoms with van der Waals surface area (Å²) in [5.74, 6) is -1.63. The molecule has 0 spiro atoms. The van der Waals surface area contributed by atoms with Crippen LogP contribution < -0.4 is 4.90 Å². The smallest absolute Gasteiger partial charge is 0.238 e. The Kier molecular flexibility index (Phi) is 5.02. The number of benzene rings is 2. The first kappa shape index (κ1) is 18.8. The van der Waals surface area contributed by atoms with E-state index in [1.165, 1.54) is 4.90 Å². The average molecular weight is 438 g/mol. The topological polar surface area (TPSA) is 54.5 Å². The molecule has 1 fully saturated rings. The number of anilines is 1. The maximum atomic E-state index is 13.2. The van der Waals surface area contributed by atoms with Gasteiger partial charge in [-0.1, -0.05) is 65.3 Å². The Hall–Kier alpha value is -2.53. The van der Waals surface area contributed by atoms with Crippen LogP contribution in [0.15, 0.2) is 71.2 Å². The first-order chi connectivity index (χ1) is 13.5. The number of fused-ring (bicyclic) bond motifs is 1. The highest BCUT2D eigenvalue weighted by Gasteiger charge is 2.54. The highest BCUT2D eigenvalue weighted by molar-refractivity contribution is 9.10. The van der Waals surface area contributed by atoms with Gasteiger partial charge in [-0.25, -0.2) is 0 Å². The Labute approximate surface area is 172 Å². The number of amides is 2. The summed E-state index contributed by atoms with van der Waals surface area (Å²) < 4.78 is 0.839. The van der Waals surface area contributed by atoms with Crippen LogP contribution in [0.5, 0.6) is 0 Å². The number of imide groups is 1. The molecule has 2 unspecified atom stereocenters. The van der Waals surface area contributed by atoms with Gasteiger partial charge in [-0.05, 0) is 36.1 Å². The van der Waals surface area contributed by atoms with Crippen molar-refractivity contribution in [3.8, 4) is 0 Å². The van der Waals surface area contributed by atoms with Crippen LogP contribution in [0.1, 0.15) is 23.7 Å². The molecule has 4 nitrogen and oxygen atoms in total. The van der Waals surface area contributed by atoms with Gasteiger partial charge < -0.3 is 0 Å². The van der Waals surface area contributed by atoms with Crippen molar-refractivity contribution in [1.82, 2.24) is 0 Å². The molecule has 2 aliphatic rings. The largest absolute Gasteiger partial charge is 0.294 e. The Balaban J connectivity index is 1.63. The maximum absolute atomic E-state index is 13.2. The number of halogens is 1. The van der Waals surface area contributed by atoms with Crippen molar-refractivity contribution >= 4 is 39.2 Å². The van der Waals surface area contributed by atoms with Crippen LogP contribution in [0.3, 0.4) is 0 Å². The summed E-state index contributed by atoms with van der Waals surface area (Å²) in [6.45, 7) is 1.96. The lowest BCUT2D eigenvalue weighted by Crippen LogP contribution is -2.33. The zero-order valence-corrected chi connectivity index (χ0v) is 17.0. The number of allylic oxidation sites excluding steroid dienone is 2. The second-order valence-electron chi connectivity index (χ2n) is 7.44. The number of nitrogens with zero attached hydrogens (tertiary/aromatic N) is 1. The minimum absolute atomic E-state index is 0.0253. The minimum Gasteiger partial charge on any atom is -0.294 e. The predicted molar refractivity (Wildman–Crippen MR) is 111 cm³/mol. The minimum atomic E-state index is -0.496. The molecule has 0 radical (unpaired) electrons. The van der Waals surface area contributed by atoms with Gasteiger partial charge in [0.2, 0.25) is 11.8 Å². The Morgan fingerprint density at radius 3 is 2.39 bits per heavy atom. The lowest BCUT2D eigenvalue weighted by atomic mass is 9.70. The molecule has 142 valence electrons. The molecule has 0 bridgehead atoms. The van der Waals surface area contributed by atoms with Crippen LogP contribution >= 0.6 is 15.9 Å². The first-order valence-electron chi connectivity index (χ1n) is 9.37. The van der Waals surface area contributed by atoms with Gasteiger partial charge in [-0.15, -0.1) is 0 Å². The van der Waals surface area contributed by atoms with Crippen molar-refractivity contribution in [2.45, 2.75) is 13.3 Å². The normalized spacial score (nSPS) is 26.4. The SMILES string of the molecule is C[C@@H]1C=C[C@H](CC(=O)c2cccc(Br)c2)C2C(=O)N(c3ccccc3)C(=O)C21. The average Bonchev–Trinajstić information content (AvgIpc) is 2.96. The van der Waals surface area contributed by atoms with E-state index in [1.807, 2.05) is 49.4 Å². The number of ketones is 1. The van der Waals surface area contributed by atoms with Crippen LogP contribution in [0, 0.1) is 23.7 Å². The van der Waals surface area contributed by atoms with Crippen LogP contribution in [-0.2, 0) is 9.59 Å². The second-order valence-corrected chi connectivity index (χ2v) is 8.36. The Morgan fingerprint density at radius 2 is 1.68 bits per heavy atom. The van der Waals surface area contributed by atoms with Gasteiger partial charge in [0.1, 0.15) is 0 Å². The van der Waals surface area contributed by atoms with E-state index in [0.717, 1.165) is 4.47 Å². The number of Topliss-reactive ketones (excluding diaryl/α,β-unsaturated/α-hetero) is 1. The van der Waals surface area contributed by atoms with Crippen LogP contribution in [0.2, 0.25) is 0 Å². The van der Waals surface area contributed by atoms with Crippen LogP contribution in [-0.4, -0.2) is 17.6 Å². The molecule has 0 aromatic heterocycles. The third kappa shape index (κ3) is 3.24. The molecule has 1 aliphatic heterocycles. The van der Waals surface area contributed by atoms with E-state index in [1.54, 1.807) is 24.3 Å². The van der Waals surface area contributed by atoms with Gasteiger partial charge in [-0.3, -0.25) is 19.3 Å². The fourth-order valence-electron chi connectivity index (χ4n) is 4.29. The predicted octanol–water partition coefficient (Wildman–Crippen LogP) is 4.65. The number of hydrogen-bond donors (Lipinski definition) is 0. The number of carbonyl (C=O) groups is 3. The highest BCUT2D eigenvalue weighted by atomic mass is 79.9. The second kappa shape index (κ2) is 7.47. The molecule has 1 heterocycles. The van der Waals surface area contributed by atoms with Crippen molar-refractivity contribution in [3.63, 3.8) is 0 Å². The zero-order chi connectivity index (χ0) is 19.8. The van der Waals surface area contributed by atoms with Gasteiger partial charge in [0.05, 0.1) is 17.5 Å². The van der Waals surface area contributed by atoms with Crippen LogP contribution in [0.25, 0.3) is 0 Å². The summed E-state index contributed by atoms with van der Waals surface area (Å²) in [4.78, 5) is 40.4. The fraction of sp³-hybridized carbons (Fsp3) is 0.261. The third-order valence-electron chi connectivity index (χ3n) is 5.67. The summed E-state index contributed by atoms with van der Waals surface area (Å²) in [6, 6.07) is 16.3. The zero-order valence-electron chi connectivity index (χ0n) is 15.4. The lowest BCUT2D eigenvalue weighted by molar-refractivity contribution is -0.122. The van der Waals surface area contributed by atoms with Gasteiger partial charge >= 0.3 is 0 Å². The maximum Gasteiger partial charge on any atom is 0.238 e. The van der Waals surface area contributed by atoms with E-state index >= 15 is 0 Å². The van der Waals surface area contributed by atoms with Crippen molar-refractivity contribution < 1.29 is 14.4 Å². The van der Waals surface area contributed by atoms with Crippen LogP contribution in [0.4, 0.5) is 5.69 Å². The van der Waals surface area contributed by atoms with Gasteiger partial charge in [0.25, 0.3) is 0 Å². The molecule has 2 amide bonds. The number of rotatable bonds is 4. The lowest BCUT2D eigenvalue weighted by Gasteiger charge is -2.29. The summed E-state index contributed by atoms with van der Waals surface area (Å²) in [7, 11) is 0. The third-order valence-corrected chi connectivity index (χ3v) is 6.16. The Bertz CT molecular complexity index is 969. The molecule has 2 aromatic rings. The number of para-hydroxylation sites is 1. The van der Waals surface area contributed by atoms with E-state index in [0.29, 0.717) is 11.3 Å². The van der Waals surface area contributed by atoms with Crippen molar-refractivity contribution in [2.24, 2.45) is 23.7 Å². The molecular weight excluding hydrogens is 418 g/mol. The summed E-state index contributed by atoms with van der Waals surface area (Å²) in [5, 5.41) is 0. The van der Waals surface area contributed by atoms with E-state index in [-0.39, 0.29) is 35.9 Å². The number of hydrogen-bond acceptors (Lipinski definition) is 3. The van der Waals surface area contributed by atoms with Crippen molar-refractivity contribution in [1.29, 1.82) is 0 Å². The van der Waals surface area contributed by atoms with E-state index in [2.05, 4.69) is 15.9 Å². The van der Waals surface area contributed by atoms with Crippen molar-refractivity contribution in [3.05, 3.63) is 76.8 Å². The van der Waals surface area contributed by atoms with Crippen molar-refractivity contribution in [2.75, 3.05) is 4.90 Å². The first-order valence-corrected chi connectivity index (χ1v) is 10.2. The molecule has 2 aromatic carbocycles. The molecule has 1 saturated heterocycles. The molecule has 0 saturated carbocycles. The number of carbonyl (C=O) groups excluding carboxylic acids is 3. The summed E-state index contributed by atoms with van der Waals surface area (Å²) >= 11 is 3.39. The molecule has 0 N–H and O–H groups in total. The molecule has 4 rings (SSSR count). The van der Waals surface area contributed by atoms with E-state index in [4.69, 9.17) is 0 Å². The Morgan fingerprint density at radius 1 is 0.964 bits per heavy atom. The molecular formula is C23H20BrNO3. The summed E-state index contributed by atoms with van der Waals surface area (Å²) in [5.41, 5.74) is 1.20. The fourth-order valence-corrected chi connectivity index (χ4v) is 4.69. The van der Waals surface area contributed by atoms with Gasteiger partial charge in [-0.2, -0.15) is 0 Å². The molecule has 5 heteroatoms. The van der Waals surface area contributed by atoms with Gasteiger partial charge in [0, 0.05) is 16.5 Å².